The number of aliphatic hydroxyl groups is 1. The molecule has 1 aliphatic rings. The molecule has 1 fully saturated rings. The van der Waals surface area contributed by atoms with Crippen LogP contribution in [0.5, 0.6) is 0 Å². The normalized spacial score (nSPS) is 21.9. The smallest absolute Gasteiger partial charge is 0.222 e. The fraction of sp³-hybridized carbons (Fsp3) is 0.529. The molecule has 1 aliphatic carbocycles. The maximum Gasteiger partial charge on any atom is 0.222 e. The third kappa shape index (κ3) is 3.47. The van der Waals surface area contributed by atoms with Crippen LogP contribution in [-0.2, 0) is 11.3 Å². The first kappa shape index (κ1) is 15.0. The van der Waals surface area contributed by atoms with Crippen LogP contribution < -0.4 is 5.32 Å². The summed E-state index contributed by atoms with van der Waals surface area (Å²) in [5.41, 5.74) is 2.03. The summed E-state index contributed by atoms with van der Waals surface area (Å²) in [4.78, 5) is 16.4. The molecule has 1 aromatic carbocycles. The van der Waals surface area contributed by atoms with Gasteiger partial charge < -0.3 is 15.0 Å². The summed E-state index contributed by atoms with van der Waals surface area (Å²) in [6.45, 7) is 0.923. The van der Waals surface area contributed by atoms with Crippen LogP contribution >= 0.6 is 0 Å². The molecule has 0 radical (unpaired) electrons. The van der Waals surface area contributed by atoms with Crippen LogP contribution in [0.15, 0.2) is 30.6 Å². The van der Waals surface area contributed by atoms with Gasteiger partial charge in [0.15, 0.2) is 0 Å². The van der Waals surface area contributed by atoms with Gasteiger partial charge in [-0.2, -0.15) is 0 Å². The van der Waals surface area contributed by atoms with E-state index >= 15 is 0 Å². The summed E-state index contributed by atoms with van der Waals surface area (Å²) in [6.07, 6.45) is 6.24. The van der Waals surface area contributed by atoms with Gasteiger partial charge >= 0.3 is 0 Å². The van der Waals surface area contributed by atoms with Crippen molar-refractivity contribution in [3.8, 4) is 0 Å². The summed E-state index contributed by atoms with van der Waals surface area (Å²) in [5.74, 6) is 0.524. The van der Waals surface area contributed by atoms with Gasteiger partial charge in [0.05, 0.1) is 17.4 Å². The van der Waals surface area contributed by atoms with Crippen LogP contribution in [0.2, 0.25) is 0 Å². The standard InChI is InChI=1S/C17H23N3O2/c21-11-13-5-7-14(8-6-13)19-17(22)9-10-20-12-18-15-3-1-2-4-16(15)20/h1-4,12-14,21H,5-11H2,(H,19,22). The van der Waals surface area contributed by atoms with Gasteiger partial charge in [-0.1, -0.05) is 12.1 Å². The minimum Gasteiger partial charge on any atom is -0.396 e. The molecule has 1 heterocycles. The van der Waals surface area contributed by atoms with Gasteiger partial charge in [-0.25, -0.2) is 4.98 Å². The van der Waals surface area contributed by atoms with Crippen molar-refractivity contribution in [3.63, 3.8) is 0 Å². The molecule has 3 rings (SSSR count). The van der Waals surface area contributed by atoms with Gasteiger partial charge in [-0.3, -0.25) is 4.79 Å². The highest BCUT2D eigenvalue weighted by atomic mass is 16.3. The Labute approximate surface area is 130 Å². The molecule has 2 N–H and O–H groups in total. The Morgan fingerprint density at radius 1 is 1.27 bits per heavy atom. The minimum absolute atomic E-state index is 0.102. The van der Waals surface area contributed by atoms with Gasteiger partial charge in [0.1, 0.15) is 0 Å². The van der Waals surface area contributed by atoms with Gasteiger partial charge in [-0.05, 0) is 43.7 Å². The summed E-state index contributed by atoms with van der Waals surface area (Å²) >= 11 is 0. The Morgan fingerprint density at radius 3 is 2.82 bits per heavy atom. The molecule has 0 aliphatic heterocycles. The number of aryl methyl sites for hydroxylation is 1. The van der Waals surface area contributed by atoms with Gasteiger partial charge in [0.25, 0.3) is 0 Å². The summed E-state index contributed by atoms with van der Waals surface area (Å²) in [6, 6.07) is 8.23. The number of hydrogen-bond acceptors (Lipinski definition) is 3. The minimum atomic E-state index is 0.102. The Morgan fingerprint density at radius 2 is 2.05 bits per heavy atom. The molecule has 1 amide bonds. The Kier molecular flexibility index (Phi) is 4.73. The monoisotopic (exact) mass is 301 g/mol. The lowest BCUT2D eigenvalue weighted by molar-refractivity contribution is -0.122. The number of nitrogens with zero attached hydrogens (tertiary/aromatic N) is 2. The molecule has 1 saturated carbocycles. The van der Waals surface area contributed by atoms with Gasteiger partial charge in [0, 0.05) is 25.6 Å². The number of aliphatic hydroxyl groups excluding tert-OH is 1. The number of rotatable bonds is 5. The molecule has 0 saturated heterocycles. The lowest BCUT2D eigenvalue weighted by Crippen LogP contribution is -2.38. The first-order valence-electron chi connectivity index (χ1n) is 8.06. The number of carbonyl (C=O) groups excluding carboxylic acids is 1. The SMILES string of the molecule is O=C(CCn1cnc2ccccc21)NC1CCC(CO)CC1. The van der Waals surface area contributed by atoms with Crippen molar-refractivity contribution in [2.24, 2.45) is 5.92 Å². The Bertz CT molecular complexity index is 630. The zero-order valence-electron chi connectivity index (χ0n) is 12.7. The van der Waals surface area contributed by atoms with Crippen molar-refractivity contribution in [2.45, 2.75) is 44.7 Å². The van der Waals surface area contributed by atoms with Crippen LogP contribution in [0.4, 0.5) is 0 Å². The summed E-state index contributed by atoms with van der Waals surface area (Å²) < 4.78 is 2.03. The van der Waals surface area contributed by atoms with E-state index in [9.17, 15) is 4.79 Å². The quantitative estimate of drug-likeness (QED) is 0.888. The fourth-order valence-electron chi connectivity index (χ4n) is 3.20. The van der Waals surface area contributed by atoms with Crippen molar-refractivity contribution in [2.75, 3.05) is 6.61 Å². The number of hydrogen-bond donors (Lipinski definition) is 2. The third-order valence-electron chi connectivity index (χ3n) is 4.58. The zero-order chi connectivity index (χ0) is 15.4. The average molecular weight is 301 g/mol. The van der Waals surface area contributed by atoms with E-state index in [-0.39, 0.29) is 18.6 Å². The first-order valence-corrected chi connectivity index (χ1v) is 8.06. The molecular weight excluding hydrogens is 278 g/mol. The number of para-hydroxylation sites is 2. The lowest BCUT2D eigenvalue weighted by atomic mass is 9.86. The Hall–Kier alpha value is -1.88. The number of fused-ring (bicyclic) bond motifs is 1. The number of imidazole rings is 1. The molecule has 0 unspecified atom stereocenters. The molecule has 0 bridgehead atoms. The van der Waals surface area contributed by atoms with Gasteiger partial charge in [0.2, 0.25) is 5.91 Å². The molecule has 2 aromatic rings. The molecule has 0 atom stereocenters. The van der Waals surface area contributed by atoms with E-state index in [0.717, 1.165) is 36.7 Å². The predicted octanol–water partition coefficient (Wildman–Crippen LogP) is 2.09. The van der Waals surface area contributed by atoms with Crippen molar-refractivity contribution in [1.29, 1.82) is 0 Å². The number of amides is 1. The molecule has 5 nitrogen and oxygen atoms in total. The molecule has 5 heteroatoms. The lowest BCUT2D eigenvalue weighted by Gasteiger charge is -2.28. The summed E-state index contributed by atoms with van der Waals surface area (Å²) in [7, 11) is 0. The maximum absolute atomic E-state index is 12.1. The van der Waals surface area contributed by atoms with E-state index in [1.807, 2.05) is 28.8 Å². The number of aromatic nitrogens is 2. The largest absolute Gasteiger partial charge is 0.396 e. The number of benzene rings is 1. The van der Waals surface area contributed by atoms with Crippen molar-refractivity contribution >= 4 is 16.9 Å². The Balaban J connectivity index is 1.48. The predicted molar refractivity (Wildman–Crippen MR) is 85.3 cm³/mol. The van der Waals surface area contributed by atoms with E-state index in [2.05, 4.69) is 10.3 Å². The van der Waals surface area contributed by atoms with E-state index in [0.29, 0.717) is 18.9 Å². The highest BCUT2D eigenvalue weighted by Crippen LogP contribution is 2.23. The van der Waals surface area contributed by atoms with E-state index < -0.39 is 0 Å². The highest BCUT2D eigenvalue weighted by Gasteiger charge is 2.21. The second-order valence-corrected chi connectivity index (χ2v) is 6.14. The van der Waals surface area contributed by atoms with Crippen molar-refractivity contribution in [3.05, 3.63) is 30.6 Å². The van der Waals surface area contributed by atoms with Crippen molar-refractivity contribution in [1.82, 2.24) is 14.9 Å². The summed E-state index contributed by atoms with van der Waals surface area (Å²) in [5, 5.41) is 12.3. The molecule has 1 aromatic heterocycles. The zero-order valence-corrected chi connectivity index (χ0v) is 12.7. The van der Waals surface area contributed by atoms with Crippen LogP contribution in [0, 0.1) is 5.92 Å². The molecular formula is C17H23N3O2. The third-order valence-corrected chi connectivity index (χ3v) is 4.58. The average Bonchev–Trinajstić information content (AvgIpc) is 2.97. The van der Waals surface area contributed by atoms with Crippen LogP contribution in [0.1, 0.15) is 32.1 Å². The van der Waals surface area contributed by atoms with Crippen LogP contribution in [0.3, 0.4) is 0 Å². The van der Waals surface area contributed by atoms with Crippen LogP contribution in [-0.4, -0.2) is 33.2 Å². The van der Waals surface area contributed by atoms with E-state index in [1.165, 1.54) is 0 Å². The highest BCUT2D eigenvalue weighted by molar-refractivity contribution is 5.77. The molecule has 22 heavy (non-hydrogen) atoms. The number of nitrogens with one attached hydrogen (secondary N) is 1. The van der Waals surface area contributed by atoms with Crippen molar-refractivity contribution < 1.29 is 9.90 Å². The molecule has 0 spiro atoms. The number of carbonyl (C=O) groups is 1. The van der Waals surface area contributed by atoms with E-state index in [4.69, 9.17) is 5.11 Å². The topological polar surface area (TPSA) is 67.2 Å². The van der Waals surface area contributed by atoms with E-state index in [1.54, 1.807) is 6.33 Å². The maximum atomic E-state index is 12.1. The van der Waals surface area contributed by atoms with Crippen LogP contribution in [0.25, 0.3) is 11.0 Å². The second-order valence-electron chi connectivity index (χ2n) is 6.14. The molecule has 118 valence electrons. The van der Waals surface area contributed by atoms with Gasteiger partial charge in [-0.15, -0.1) is 0 Å². The second kappa shape index (κ2) is 6.92. The fourth-order valence-corrected chi connectivity index (χ4v) is 3.20. The first-order chi connectivity index (χ1) is 10.8.